The largest absolute Gasteiger partial charge is 0.313 e. The van der Waals surface area contributed by atoms with Gasteiger partial charge in [0, 0.05) is 34.4 Å². The molecule has 96 valence electrons. The predicted octanol–water partition coefficient (Wildman–Crippen LogP) is 1.56. The second-order valence-corrected chi connectivity index (χ2v) is 9.13. The molecule has 1 rings (SSSR count). The van der Waals surface area contributed by atoms with E-state index >= 15 is 0 Å². The Hall–Kier alpha value is 0.250. The summed E-state index contributed by atoms with van der Waals surface area (Å²) in [4.78, 5) is 0. The highest BCUT2D eigenvalue weighted by molar-refractivity contribution is 8.29. The zero-order valence-electron chi connectivity index (χ0n) is 10.5. The summed E-state index contributed by atoms with van der Waals surface area (Å²) in [6.07, 6.45) is 2.20. The van der Waals surface area contributed by atoms with Gasteiger partial charge in [0.15, 0.2) is 0 Å². The molecule has 1 fully saturated rings. The predicted molar refractivity (Wildman–Crippen MR) is 67.3 cm³/mol. The lowest BCUT2D eigenvalue weighted by atomic mass is 9.88. The van der Waals surface area contributed by atoms with Gasteiger partial charge in [0.2, 0.25) is 0 Å². The Bertz CT molecular complexity index is 362. The fraction of sp³-hybridized carbons (Fsp3) is 1.00. The van der Waals surface area contributed by atoms with Crippen LogP contribution in [0.25, 0.3) is 0 Å². The van der Waals surface area contributed by atoms with E-state index in [9.17, 15) is 9.42 Å². The van der Waals surface area contributed by atoms with Crippen LogP contribution in [0.4, 0.5) is 0 Å². The lowest BCUT2D eigenvalue weighted by Crippen LogP contribution is -2.47. The number of hydrogen-bond donors (Lipinski definition) is 1. The molecule has 1 N–H and O–H groups in total. The van der Waals surface area contributed by atoms with Crippen LogP contribution in [0.15, 0.2) is 0 Å². The van der Waals surface area contributed by atoms with E-state index in [1.54, 1.807) is 0 Å². The van der Waals surface area contributed by atoms with Crippen LogP contribution in [0.3, 0.4) is 0 Å². The molecule has 0 saturated carbocycles. The SMILES string of the molecule is CC1(C)C[C@@H](COS(C)(=O)=S)C(C)(C)N1O. The second kappa shape index (κ2) is 4.17. The van der Waals surface area contributed by atoms with Crippen molar-refractivity contribution in [2.24, 2.45) is 5.92 Å². The molecule has 1 unspecified atom stereocenters. The van der Waals surface area contributed by atoms with Crippen molar-refractivity contribution in [1.29, 1.82) is 0 Å². The summed E-state index contributed by atoms with van der Waals surface area (Å²) in [7, 11) is -2.58. The molecule has 2 atom stereocenters. The van der Waals surface area contributed by atoms with Crippen LogP contribution >= 0.6 is 0 Å². The summed E-state index contributed by atoms with van der Waals surface area (Å²) in [5.74, 6) is 0.122. The molecule has 6 heteroatoms. The minimum Gasteiger partial charge on any atom is -0.313 e. The van der Waals surface area contributed by atoms with Gasteiger partial charge in [-0.3, -0.25) is 4.18 Å². The van der Waals surface area contributed by atoms with Gasteiger partial charge in [-0.15, -0.1) is 0 Å². The van der Waals surface area contributed by atoms with Crippen LogP contribution in [-0.2, 0) is 24.1 Å². The maximum atomic E-state index is 11.3. The van der Waals surface area contributed by atoms with Crippen molar-refractivity contribution in [3.63, 3.8) is 0 Å². The van der Waals surface area contributed by atoms with E-state index in [2.05, 4.69) is 0 Å². The van der Waals surface area contributed by atoms with Crippen molar-refractivity contribution in [1.82, 2.24) is 5.06 Å². The van der Waals surface area contributed by atoms with Crippen molar-refractivity contribution >= 4 is 20.0 Å². The molecule has 0 aromatic heterocycles. The molecule has 0 aromatic rings. The van der Waals surface area contributed by atoms with Crippen LogP contribution in [0.5, 0.6) is 0 Å². The Labute approximate surface area is 103 Å². The average Bonchev–Trinajstić information content (AvgIpc) is 2.22. The van der Waals surface area contributed by atoms with Crippen molar-refractivity contribution in [3.8, 4) is 0 Å². The Morgan fingerprint density at radius 3 is 2.31 bits per heavy atom. The highest BCUT2D eigenvalue weighted by Crippen LogP contribution is 2.43. The molecular formula is C10H21NO3S2. The summed E-state index contributed by atoms with van der Waals surface area (Å²) in [6.45, 7) is 8.19. The van der Waals surface area contributed by atoms with E-state index < -0.39 is 8.77 Å². The van der Waals surface area contributed by atoms with Crippen LogP contribution in [-0.4, -0.2) is 38.4 Å². The molecule has 1 saturated heterocycles. The molecule has 0 bridgehead atoms. The fourth-order valence-corrected chi connectivity index (χ4v) is 2.94. The third kappa shape index (κ3) is 2.92. The lowest BCUT2D eigenvalue weighted by Gasteiger charge is -2.35. The summed E-state index contributed by atoms with van der Waals surface area (Å²) in [5.41, 5.74) is -0.670. The van der Waals surface area contributed by atoms with E-state index in [-0.39, 0.29) is 17.0 Å². The van der Waals surface area contributed by atoms with Crippen LogP contribution in [0.2, 0.25) is 0 Å². The Balaban J connectivity index is 2.77. The van der Waals surface area contributed by atoms with E-state index in [0.717, 1.165) is 6.42 Å². The maximum absolute atomic E-state index is 11.3. The second-order valence-electron chi connectivity index (χ2n) is 5.67. The summed E-state index contributed by atoms with van der Waals surface area (Å²) in [5, 5.41) is 11.4. The molecule has 0 amide bonds. The van der Waals surface area contributed by atoms with E-state index in [4.69, 9.17) is 15.4 Å². The molecule has 1 aliphatic heterocycles. The van der Waals surface area contributed by atoms with Crippen molar-refractivity contribution < 1.29 is 13.6 Å². The van der Waals surface area contributed by atoms with Gasteiger partial charge in [-0.2, -0.15) is 5.06 Å². The summed E-state index contributed by atoms with van der Waals surface area (Å²) < 4.78 is 16.5. The first-order chi connectivity index (χ1) is 6.97. The van der Waals surface area contributed by atoms with Gasteiger partial charge in [-0.05, 0) is 34.1 Å². The van der Waals surface area contributed by atoms with E-state index in [0.29, 0.717) is 6.61 Å². The number of hydrogen-bond acceptors (Lipinski definition) is 5. The molecule has 1 heterocycles. The fourth-order valence-electron chi connectivity index (χ4n) is 2.36. The topological polar surface area (TPSA) is 49.8 Å². The molecule has 0 aliphatic carbocycles. The maximum Gasteiger partial charge on any atom is 0.141 e. The summed E-state index contributed by atoms with van der Waals surface area (Å²) >= 11 is 4.71. The molecule has 1 aliphatic rings. The highest BCUT2D eigenvalue weighted by Gasteiger charge is 2.51. The van der Waals surface area contributed by atoms with E-state index in [1.807, 2.05) is 27.7 Å². The van der Waals surface area contributed by atoms with Gasteiger partial charge in [0.1, 0.15) is 8.77 Å². The zero-order valence-corrected chi connectivity index (χ0v) is 12.2. The minimum atomic E-state index is -2.58. The molecular weight excluding hydrogens is 246 g/mol. The molecule has 0 radical (unpaired) electrons. The zero-order chi connectivity index (χ0) is 12.8. The highest BCUT2D eigenvalue weighted by atomic mass is 32.8. The van der Waals surface area contributed by atoms with Gasteiger partial charge in [-0.25, -0.2) is 4.21 Å². The Morgan fingerprint density at radius 2 is 2.00 bits per heavy atom. The van der Waals surface area contributed by atoms with Crippen molar-refractivity contribution in [2.75, 3.05) is 12.9 Å². The molecule has 0 aromatic carbocycles. The molecule has 4 nitrogen and oxygen atoms in total. The first-order valence-electron chi connectivity index (χ1n) is 5.30. The van der Waals surface area contributed by atoms with Gasteiger partial charge >= 0.3 is 0 Å². The first kappa shape index (κ1) is 14.3. The first-order valence-corrected chi connectivity index (χ1v) is 8.12. The number of rotatable bonds is 3. The van der Waals surface area contributed by atoms with Gasteiger partial charge in [0.05, 0.1) is 6.61 Å². The average molecular weight is 267 g/mol. The quantitative estimate of drug-likeness (QED) is 0.841. The minimum absolute atomic E-state index is 0.122. The Morgan fingerprint density at radius 1 is 1.50 bits per heavy atom. The van der Waals surface area contributed by atoms with Crippen LogP contribution in [0.1, 0.15) is 34.1 Å². The van der Waals surface area contributed by atoms with Crippen LogP contribution < -0.4 is 0 Å². The van der Waals surface area contributed by atoms with Gasteiger partial charge in [0.25, 0.3) is 0 Å². The van der Waals surface area contributed by atoms with Gasteiger partial charge < -0.3 is 5.21 Å². The van der Waals surface area contributed by atoms with Crippen molar-refractivity contribution in [2.45, 2.75) is 45.2 Å². The van der Waals surface area contributed by atoms with Crippen LogP contribution in [0, 0.1) is 5.92 Å². The normalized spacial score (nSPS) is 32.5. The smallest absolute Gasteiger partial charge is 0.141 e. The standard InChI is InChI=1S/C10H21NO3S2/c1-9(2)6-8(7-14-16(5,13)15)10(3,4)11(9)12/h8,12H,6-7H2,1-5H3/t8-,16?/m0/s1. The third-order valence-corrected chi connectivity index (χ3v) is 4.20. The Kier molecular flexibility index (Phi) is 3.73. The monoisotopic (exact) mass is 267 g/mol. The van der Waals surface area contributed by atoms with Crippen molar-refractivity contribution in [3.05, 3.63) is 0 Å². The van der Waals surface area contributed by atoms with Gasteiger partial charge in [-0.1, -0.05) is 0 Å². The third-order valence-electron chi connectivity index (χ3n) is 3.35. The molecule has 16 heavy (non-hydrogen) atoms. The number of nitrogens with zero attached hydrogens (tertiary/aromatic N) is 1. The van der Waals surface area contributed by atoms with E-state index in [1.165, 1.54) is 11.3 Å². The number of hydroxylamine groups is 2. The summed E-state index contributed by atoms with van der Waals surface area (Å²) in [6, 6.07) is 0. The molecule has 0 spiro atoms. The lowest BCUT2D eigenvalue weighted by molar-refractivity contribution is -0.197.